The molecular weight excluding hydrogens is 452 g/mol. The van der Waals surface area contributed by atoms with Gasteiger partial charge in [-0.1, -0.05) is 60.2 Å². The summed E-state index contributed by atoms with van der Waals surface area (Å²) in [5.41, 5.74) is 2.93. The molecule has 0 fully saturated rings. The quantitative estimate of drug-likeness (QED) is 0.400. The summed E-state index contributed by atoms with van der Waals surface area (Å²) >= 11 is 0. The number of anilines is 1. The van der Waals surface area contributed by atoms with Gasteiger partial charge in [-0.25, -0.2) is 13.2 Å². The summed E-state index contributed by atoms with van der Waals surface area (Å²) in [6.45, 7) is 1.82. The molecule has 174 valence electrons. The lowest BCUT2D eigenvalue weighted by Crippen LogP contribution is -2.20. The average Bonchev–Trinajstić information content (AvgIpc) is 3.19. The van der Waals surface area contributed by atoms with Crippen LogP contribution in [0.15, 0.2) is 83.9 Å². The highest BCUT2D eigenvalue weighted by Gasteiger charge is 2.23. The Morgan fingerprint density at radius 3 is 2.35 bits per heavy atom. The Balaban J connectivity index is 1.63. The van der Waals surface area contributed by atoms with Crippen LogP contribution in [0.25, 0.3) is 10.9 Å². The molecule has 7 nitrogen and oxygen atoms in total. The van der Waals surface area contributed by atoms with Gasteiger partial charge in [-0.3, -0.25) is 4.79 Å². The molecule has 0 saturated heterocycles. The van der Waals surface area contributed by atoms with E-state index in [1.807, 2.05) is 19.1 Å². The minimum Gasteiger partial charge on any atom is -0.465 e. The SMILES string of the molecule is COC(=O)c1ccccc1NC(=O)Cn1cc(S(=O)(=O)Cc2ccc(C)cc2)c2ccccc21. The van der Waals surface area contributed by atoms with Gasteiger partial charge in [-0.15, -0.1) is 0 Å². The molecule has 0 aliphatic rings. The van der Waals surface area contributed by atoms with Crippen molar-refractivity contribution in [1.82, 2.24) is 4.57 Å². The van der Waals surface area contributed by atoms with Gasteiger partial charge in [0.05, 0.1) is 29.0 Å². The van der Waals surface area contributed by atoms with Crippen LogP contribution < -0.4 is 5.32 Å². The molecule has 1 N–H and O–H groups in total. The number of nitrogens with one attached hydrogen (secondary N) is 1. The molecule has 0 aliphatic carbocycles. The monoisotopic (exact) mass is 476 g/mol. The number of hydrogen-bond acceptors (Lipinski definition) is 5. The van der Waals surface area contributed by atoms with Gasteiger partial charge in [0.2, 0.25) is 5.91 Å². The molecule has 1 aromatic heterocycles. The van der Waals surface area contributed by atoms with Crippen LogP contribution in [-0.2, 0) is 31.7 Å². The second-order valence-electron chi connectivity index (χ2n) is 7.97. The van der Waals surface area contributed by atoms with E-state index in [0.717, 1.165) is 5.56 Å². The lowest BCUT2D eigenvalue weighted by atomic mass is 10.2. The van der Waals surface area contributed by atoms with E-state index in [2.05, 4.69) is 5.32 Å². The summed E-state index contributed by atoms with van der Waals surface area (Å²) in [7, 11) is -2.39. The van der Waals surface area contributed by atoms with E-state index >= 15 is 0 Å². The minimum absolute atomic E-state index is 0.129. The highest BCUT2D eigenvalue weighted by Crippen LogP contribution is 2.28. The van der Waals surface area contributed by atoms with Crippen molar-refractivity contribution in [2.45, 2.75) is 24.1 Å². The summed E-state index contributed by atoms with van der Waals surface area (Å²) in [6.07, 6.45) is 1.50. The number of sulfone groups is 1. The Hall–Kier alpha value is -3.91. The van der Waals surface area contributed by atoms with Crippen LogP contribution in [0.2, 0.25) is 0 Å². The largest absolute Gasteiger partial charge is 0.465 e. The fourth-order valence-corrected chi connectivity index (χ4v) is 5.38. The fraction of sp³-hybridized carbons (Fsp3) is 0.154. The highest BCUT2D eigenvalue weighted by atomic mass is 32.2. The predicted molar refractivity (Wildman–Crippen MR) is 130 cm³/mol. The molecule has 0 saturated carbocycles. The third kappa shape index (κ3) is 4.87. The molecule has 0 bridgehead atoms. The number of para-hydroxylation sites is 2. The number of fused-ring (bicyclic) bond motifs is 1. The Kier molecular flexibility index (Phi) is 6.51. The first-order chi connectivity index (χ1) is 16.3. The van der Waals surface area contributed by atoms with E-state index in [1.165, 1.54) is 13.3 Å². The van der Waals surface area contributed by atoms with E-state index in [1.54, 1.807) is 65.2 Å². The van der Waals surface area contributed by atoms with E-state index in [4.69, 9.17) is 4.74 Å². The average molecular weight is 477 g/mol. The Labute approximate surface area is 197 Å². The van der Waals surface area contributed by atoms with Gasteiger partial charge in [0.1, 0.15) is 6.54 Å². The molecular formula is C26H24N2O5S. The number of carbonyl (C=O) groups excluding carboxylic acids is 2. The normalized spacial score (nSPS) is 11.4. The first-order valence-corrected chi connectivity index (χ1v) is 12.3. The van der Waals surface area contributed by atoms with Crippen molar-refractivity contribution >= 4 is 38.3 Å². The van der Waals surface area contributed by atoms with E-state index < -0.39 is 21.7 Å². The van der Waals surface area contributed by atoms with Gasteiger partial charge in [-0.2, -0.15) is 0 Å². The number of aromatic nitrogens is 1. The maximum atomic E-state index is 13.3. The lowest BCUT2D eigenvalue weighted by Gasteiger charge is -2.10. The molecule has 0 atom stereocenters. The number of amides is 1. The van der Waals surface area contributed by atoms with Crippen LogP contribution in [0.3, 0.4) is 0 Å². The number of carbonyl (C=O) groups is 2. The summed E-state index contributed by atoms with van der Waals surface area (Å²) in [5.74, 6) is -1.11. The van der Waals surface area contributed by atoms with Crippen LogP contribution in [0.5, 0.6) is 0 Å². The maximum absolute atomic E-state index is 13.3. The fourth-order valence-electron chi connectivity index (χ4n) is 3.80. The third-order valence-electron chi connectivity index (χ3n) is 5.48. The van der Waals surface area contributed by atoms with Crippen molar-refractivity contribution in [2.75, 3.05) is 12.4 Å². The number of rotatable bonds is 7. The second kappa shape index (κ2) is 9.52. The molecule has 1 amide bonds. The Morgan fingerprint density at radius 2 is 1.62 bits per heavy atom. The standard InChI is InChI=1S/C26H24N2O5S/c1-18-11-13-19(14-12-18)17-34(31,32)24-15-28(23-10-6-4-8-21(23)24)16-25(29)27-22-9-5-3-7-20(22)26(30)33-2/h3-15H,16-17H2,1-2H3,(H,27,29). The summed E-state index contributed by atoms with van der Waals surface area (Å²) < 4.78 is 32.9. The van der Waals surface area contributed by atoms with Crippen molar-refractivity contribution in [3.63, 3.8) is 0 Å². The van der Waals surface area contributed by atoms with Crippen LogP contribution in [0.1, 0.15) is 21.5 Å². The van der Waals surface area contributed by atoms with Crippen LogP contribution >= 0.6 is 0 Å². The number of aryl methyl sites for hydroxylation is 1. The van der Waals surface area contributed by atoms with Crippen molar-refractivity contribution in [3.8, 4) is 0 Å². The molecule has 4 aromatic rings. The molecule has 0 radical (unpaired) electrons. The lowest BCUT2D eigenvalue weighted by molar-refractivity contribution is -0.116. The highest BCUT2D eigenvalue weighted by molar-refractivity contribution is 7.90. The van der Waals surface area contributed by atoms with Gasteiger partial charge in [-0.05, 0) is 30.7 Å². The summed E-state index contributed by atoms with van der Waals surface area (Å²) in [4.78, 5) is 25.0. The molecule has 3 aromatic carbocycles. The topological polar surface area (TPSA) is 94.5 Å². The third-order valence-corrected chi connectivity index (χ3v) is 7.19. The minimum atomic E-state index is -3.66. The van der Waals surface area contributed by atoms with Crippen LogP contribution in [0, 0.1) is 6.92 Å². The van der Waals surface area contributed by atoms with Crippen molar-refractivity contribution in [2.24, 2.45) is 0 Å². The molecule has 0 unspecified atom stereocenters. The van der Waals surface area contributed by atoms with E-state index in [-0.39, 0.29) is 22.8 Å². The number of nitrogens with zero attached hydrogens (tertiary/aromatic N) is 1. The van der Waals surface area contributed by atoms with Gasteiger partial charge >= 0.3 is 5.97 Å². The first-order valence-electron chi connectivity index (χ1n) is 10.6. The summed E-state index contributed by atoms with van der Waals surface area (Å²) in [5, 5.41) is 3.28. The zero-order valence-electron chi connectivity index (χ0n) is 18.8. The van der Waals surface area contributed by atoms with Gasteiger partial charge in [0, 0.05) is 17.1 Å². The van der Waals surface area contributed by atoms with Crippen molar-refractivity contribution in [3.05, 3.63) is 95.7 Å². The number of hydrogen-bond donors (Lipinski definition) is 1. The molecule has 1 heterocycles. The predicted octanol–water partition coefficient (Wildman–Crippen LogP) is 4.35. The number of benzene rings is 3. The van der Waals surface area contributed by atoms with Crippen molar-refractivity contribution in [1.29, 1.82) is 0 Å². The van der Waals surface area contributed by atoms with E-state index in [9.17, 15) is 18.0 Å². The van der Waals surface area contributed by atoms with E-state index in [0.29, 0.717) is 22.2 Å². The second-order valence-corrected chi connectivity index (χ2v) is 9.93. The number of ether oxygens (including phenoxy) is 1. The van der Waals surface area contributed by atoms with Crippen LogP contribution in [-0.4, -0.2) is 32.0 Å². The Bertz CT molecular complexity index is 1470. The van der Waals surface area contributed by atoms with Gasteiger partial charge in [0.25, 0.3) is 0 Å². The zero-order valence-corrected chi connectivity index (χ0v) is 19.6. The van der Waals surface area contributed by atoms with Gasteiger partial charge < -0.3 is 14.6 Å². The zero-order chi connectivity index (χ0) is 24.3. The smallest absolute Gasteiger partial charge is 0.339 e. The number of esters is 1. The molecule has 34 heavy (non-hydrogen) atoms. The van der Waals surface area contributed by atoms with Crippen LogP contribution in [0.4, 0.5) is 5.69 Å². The molecule has 4 rings (SSSR count). The first kappa shape index (κ1) is 23.3. The van der Waals surface area contributed by atoms with Crippen molar-refractivity contribution < 1.29 is 22.7 Å². The Morgan fingerprint density at radius 1 is 0.941 bits per heavy atom. The molecule has 8 heteroatoms. The number of methoxy groups -OCH3 is 1. The molecule has 0 aliphatic heterocycles. The molecule has 0 spiro atoms. The maximum Gasteiger partial charge on any atom is 0.339 e. The summed E-state index contributed by atoms with van der Waals surface area (Å²) in [6, 6.07) is 21.0. The van der Waals surface area contributed by atoms with Gasteiger partial charge in [0.15, 0.2) is 9.84 Å².